The zero-order chi connectivity index (χ0) is 14.0. The predicted octanol–water partition coefficient (Wildman–Crippen LogP) is 0.474. The normalized spacial score (nSPS) is 23.8. The van der Waals surface area contributed by atoms with Crippen LogP contribution in [0, 0.1) is 5.82 Å². The fraction of sp³-hybridized carbons (Fsp3) is 0.462. The Morgan fingerprint density at radius 3 is 3.05 bits per heavy atom. The molecule has 0 aliphatic carbocycles. The molecule has 0 bridgehead atoms. The summed E-state index contributed by atoms with van der Waals surface area (Å²) in [5.74, 6) is -0.379. The number of rotatable bonds is 2. The van der Waals surface area contributed by atoms with Crippen LogP contribution in [0.3, 0.4) is 0 Å². The molecule has 1 aliphatic heterocycles. The van der Waals surface area contributed by atoms with E-state index in [-0.39, 0.29) is 5.91 Å². The van der Waals surface area contributed by atoms with Crippen molar-refractivity contribution in [2.45, 2.75) is 31.5 Å². The minimum atomic E-state index is -1.02. The first kappa shape index (κ1) is 13.8. The average molecular weight is 268 g/mol. The lowest BCUT2D eigenvalue weighted by atomic mass is 10.00. The van der Waals surface area contributed by atoms with Crippen molar-refractivity contribution in [2.24, 2.45) is 5.73 Å². The van der Waals surface area contributed by atoms with Crippen molar-refractivity contribution in [2.75, 3.05) is 6.61 Å². The number of amides is 1. The van der Waals surface area contributed by atoms with Gasteiger partial charge in [0.25, 0.3) is 0 Å². The smallest absolute Gasteiger partial charge is 0.236 e. The maximum absolute atomic E-state index is 13.2. The van der Waals surface area contributed by atoms with Gasteiger partial charge in [0.05, 0.1) is 18.7 Å². The Bertz CT molecular complexity index is 479. The minimum Gasteiger partial charge on any atom is -0.493 e. The molecule has 0 radical (unpaired) electrons. The van der Waals surface area contributed by atoms with E-state index in [1.165, 1.54) is 18.2 Å². The number of halogens is 1. The van der Waals surface area contributed by atoms with Gasteiger partial charge in [0.2, 0.25) is 5.91 Å². The third-order valence-corrected chi connectivity index (χ3v) is 3.10. The van der Waals surface area contributed by atoms with Crippen molar-refractivity contribution in [1.82, 2.24) is 5.32 Å². The summed E-state index contributed by atoms with van der Waals surface area (Å²) in [5.41, 5.74) is 5.81. The molecule has 1 amide bonds. The summed E-state index contributed by atoms with van der Waals surface area (Å²) < 4.78 is 18.7. The van der Waals surface area contributed by atoms with Gasteiger partial charge >= 0.3 is 0 Å². The molecule has 0 aromatic heterocycles. The molecule has 4 N–H and O–H groups in total. The molecule has 1 aromatic rings. The number of hydrogen-bond donors (Lipinski definition) is 3. The molecule has 0 spiro atoms. The lowest BCUT2D eigenvalue weighted by Gasteiger charge is -2.22. The Morgan fingerprint density at radius 2 is 2.37 bits per heavy atom. The monoisotopic (exact) mass is 268 g/mol. The summed E-state index contributed by atoms with van der Waals surface area (Å²) in [6.07, 6.45) is -0.591. The topological polar surface area (TPSA) is 84.6 Å². The Kier molecular flexibility index (Phi) is 4.01. The molecule has 0 fully saturated rings. The molecule has 1 heterocycles. The number of ether oxygens (including phenoxy) is 1. The van der Waals surface area contributed by atoms with Crippen LogP contribution < -0.4 is 15.8 Å². The van der Waals surface area contributed by atoms with Crippen LogP contribution in [0.25, 0.3) is 0 Å². The second kappa shape index (κ2) is 5.54. The highest BCUT2D eigenvalue weighted by Gasteiger charge is 2.29. The first-order chi connectivity index (χ1) is 8.99. The number of hydrogen-bond acceptors (Lipinski definition) is 4. The van der Waals surface area contributed by atoms with Crippen molar-refractivity contribution < 1.29 is 19.0 Å². The Balaban J connectivity index is 2.22. The third-order valence-electron chi connectivity index (χ3n) is 3.10. The Labute approximate surface area is 110 Å². The van der Waals surface area contributed by atoms with E-state index in [0.717, 1.165) is 0 Å². The first-order valence-electron chi connectivity index (χ1n) is 6.15. The number of nitrogens with two attached hydrogens (primary N) is 1. The van der Waals surface area contributed by atoms with Crippen LogP contribution in [0.15, 0.2) is 18.2 Å². The molecule has 0 saturated heterocycles. The molecule has 6 heteroatoms. The molecule has 3 atom stereocenters. The molecule has 5 nitrogen and oxygen atoms in total. The standard InChI is InChI=1S/C13H17FN2O3/c1-7(15)13(18)16-10-4-5-19-11-3-2-8(14)6-9(11)12(10)17/h2-3,6-7,10,12,17H,4-5,15H2,1H3,(H,16,18). The van der Waals surface area contributed by atoms with Crippen LogP contribution in [0.5, 0.6) is 5.75 Å². The van der Waals surface area contributed by atoms with E-state index in [2.05, 4.69) is 5.32 Å². The van der Waals surface area contributed by atoms with E-state index in [0.29, 0.717) is 24.3 Å². The van der Waals surface area contributed by atoms with Crippen LogP contribution in [-0.4, -0.2) is 29.7 Å². The second-order valence-electron chi connectivity index (χ2n) is 4.67. The zero-order valence-corrected chi connectivity index (χ0v) is 10.6. The molecular weight excluding hydrogens is 251 g/mol. The lowest BCUT2D eigenvalue weighted by Crippen LogP contribution is -2.46. The molecule has 1 aliphatic rings. The second-order valence-corrected chi connectivity index (χ2v) is 4.67. The number of benzene rings is 1. The van der Waals surface area contributed by atoms with Gasteiger partial charge in [0.1, 0.15) is 17.7 Å². The van der Waals surface area contributed by atoms with Gasteiger partial charge in [0.15, 0.2) is 0 Å². The van der Waals surface area contributed by atoms with Crippen LogP contribution in [0.1, 0.15) is 25.0 Å². The van der Waals surface area contributed by atoms with Gasteiger partial charge in [-0.25, -0.2) is 4.39 Å². The van der Waals surface area contributed by atoms with Gasteiger partial charge in [-0.2, -0.15) is 0 Å². The van der Waals surface area contributed by atoms with Crippen molar-refractivity contribution >= 4 is 5.91 Å². The van der Waals surface area contributed by atoms with Crippen LogP contribution in [0.2, 0.25) is 0 Å². The van der Waals surface area contributed by atoms with Crippen LogP contribution in [-0.2, 0) is 4.79 Å². The Hall–Kier alpha value is -1.66. The summed E-state index contributed by atoms with van der Waals surface area (Å²) in [6.45, 7) is 1.89. The minimum absolute atomic E-state index is 0.333. The van der Waals surface area contributed by atoms with E-state index in [1.54, 1.807) is 6.92 Å². The van der Waals surface area contributed by atoms with E-state index < -0.39 is 24.0 Å². The van der Waals surface area contributed by atoms with Gasteiger partial charge in [-0.15, -0.1) is 0 Å². The first-order valence-corrected chi connectivity index (χ1v) is 6.15. The largest absolute Gasteiger partial charge is 0.493 e. The maximum Gasteiger partial charge on any atom is 0.236 e. The number of aliphatic hydroxyl groups is 1. The van der Waals surface area contributed by atoms with Gasteiger partial charge in [0, 0.05) is 12.0 Å². The van der Waals surface area contributed by atoms with Gasteiger partial charge in [-0.05, 0) is 25.1 Å². The number of nitrogens with one attached hydrogen (secondary N) is 1. The average Bonchev–Trinajstić information content (AvgIpc) is 2.51. The van der Waals surface area contributed by atoms with E-state index in [1.807, 2.05) is 0 Å². The maximum atomic E-state index is 13.2. The number of aliphatic hydroxyl groups excluding tert-OH is 1. The van der Waals surface area contributed by atoms with Crippen LogP contribution >= 0.6 is 0 Å². The van der Waals surface area contributed by atoms with Crippen molar-refractivity contribution in [3.63, 3.8) is 0 Å². The molecule has 2 rings (SSSR count). The third kappa shape index (κ3) is 3.02. The molecule has 1 aromatic carbocycles. The summed E-state index contributed by atoms with van der Waals surface area (Å²) >= 11 is 0. The Morgan fingerprint density at radius 1 is 1.63 bits per heavy atom. The summed E-state index contributed by atoms with van der Waals surface area (Å²) in [5, 5.41) is 12.9. The van der Waals surface area contributed by atoms with E-state index in [9.17, 15) is 14.3 Å². The van der Waals surface area contributed by atoms with E-state index in [4.69, 9.17) is 10.5 Å². The zero-order valence-electron chi connectivity index (χ0n) is 10.6. The molecule has 0 saturated carbocycles. The fourth-order valence-corrected chi connectivity index (χ4v) is 2.02. The quantitative estimate of drug-likeness (QED) is 0.728. The summed E-state index contributed by atoms with van der Waals surface area (Å²) in [7, 11) is 0. The van der Waals surface area contributed by atoms with Crippen molar-refractivity contribution in [1.29, 1.82) is 0 Å². The highest BCUT2D eigenvalue weighted by molar-refractivity contribution is 5.81. The van der Waals surface area contributed by atoms with Gasteiger partial charge in [-0.1, -0.05) is 0 Å². The molecule has 3 unspecified atom stereocenters. The summed E-state index contributed by atoms with van der Waals surface area (Å²) in [4.78, 5) is 11.6. The molecule has 19 heavy (non-hydrogen) atoms. The fourth-order valence-electron chi connectivity index (χ4n) is 2.02. The highest BCUT2D eigenvalue weighted by Crippen LogP contribution is 2.32. The van der Waals surface area contributed by atoms with Crippen molar-refractivity contribution in [3.05, 3.63) is 29.6 Å². The van der Waals surface area contributed by atoms with E-state index >= 15 is 0 Å². The van der Waals surface area contributed by atoms with Gasteiger partial charge < -0.3 is 20.9 Å². The van der Waals surface area contributed by atoms with Crippen molar-refractivity contribution in [3.8, 4) is 5.75 Å². The van der Waals surface area contributed by atoms with Gasteiger partial charge in [-0.3, -0.25) is 4.79 Å². The number of fused-ring (bicyclic) bond motifs is 1. The lowest BCUT2D eigenvalue weighted by molar-refractivity contribution is -0.123. The molecular formula is C13H17FN2O3. The number of carbonyl (C=O) groups is 1. The summed E-state index contributed by atoms with van der Waals surface area (Å²) in [6, 6.07) is 2.76. The highest BCUT2D eigenvalue weighted by atomic mass is 19.1. The molecule has 104 valence electrons. The predicted molar refractivity (Wildman–Crippen MR) is 67.1 cm³/mol. The van der Waals surface area contributed by atoms with Crippen LogP contribution in [0.4, 0.5) is 4.39 Å². The SMILES string of the molecule is CC(N)C(=O)NC1CCOc2ccc(F)cc2C1O. The number of carbonyl (C=O) groups excluding carboxylic acids is 1.